The predicted molar refractivity (Wildman–Crippen MR) is 69.3 cm³/mol. The van der Waals surface area contributed by atoms with Crippen molar-refractivity contribution in [2.24, 2.45) is 5.92 Å². The largest absolute Gasteiger partial charge is 0.324 e. The average Bonchev–Trinajstić information content (AvgIpc) is 2.78. The summed E-state index contributed by atoms with van der Waals surface area (Å²) in [6.07, 6.45) is 4.78. The fourth-order valence-corrected chi connectivity index (χ4v) is 2.61. The minimum absolute atomic E-state index is 0.0498. The Bertz CT molecular complexity index is 459. The Morgan fingerprint density at radius 3 is 2.61 bits per heavy atom. The maximum Gasteiger partial charge on any atom is 0.224 e. The lowest BCUT2D eigenvalue weighted by molar-refractivity contribution is -0.117. The van der Waals surface area contributed by atoms with Crippen LogP contribution in [0.2, 0.25) is 0 Å². The molecule has 1 aliphatic carbocycles. The topological polar surface area (TPSA) is 29.1 Å². The van der Waals surface area contributed by atoms with Gasteiger partial charge in [0, 0.05) is 12.5 Å². The van der Waals surface area contributed by atoms with Crippen LogP contribution in [0.15, 0.2) is 16.6 Å². The summed E-state index contributed by atoms with van der Waals surface area (Å²) in [4.78, 5) is 11.7. The molecular weight excluding hydrogens is 304 g/mol. The van der Waals surface area contributed by atoms with Crippen molar-refractivity contribution < 1.29 is 13.6 Å². The number of hydrogen-bond acceptors (Lipinski definition) is 1. The molecule has 0 radical (unpaired) electrons. The molecule has 1 fully saturated rings. The van der Waals surface area contributed by atoms with Gasteiger partial charge in [0.15, 0.2) is 0 Å². The zero-order valence-corrected chi connectivity index (χ0v) is 11.4. The highest BCUT2D eigenvalue weighted by atomic mass is 79.9. The minimum Gasteiger partial charge on any atom is -0.324 e. The van der Waals surface area contributed by atoms with E-state index in [0.717, 1.165) is 37.8 Å². The van der Waals surface area contributed by atoms with Gasteiger partial charge < -0.3 is 5.32 Å². The van der Waals surface area contributed by atoms with Gasteiger partial charge in [0.2, 0.25) is 5.91 Å². The number of amides is 1. The number of hydrogen-bond donors (Lipinski definition) is 1. The molecule has 0 aromatic heterocycles. The minimum atomic E-state index is -0.636. The number of carbonyl (C=O) groups is 1. The molecule has 1 N–H and O–H groups in total. The van der Waals surface area contributed by atoms with Crippen molar-refractivity contribution in [1.29, 1.82) is 0 Å². The van der Waals surface area contributed by atoms with E-state index in [0.29, 0.717) is 12.3 Å². The lowest BCUT2D eigenvalue weighted by Crippen LogP contribution is -2.16. The van der Waals surface area contributed by atoms with Crippen LogP contribution >= 0.6 is 15.9 Å². The van der Waals surface area contributed by atoms with Gasteiger partial charge in [0.05, 0.1) is 10.2 Å². The van der Waals surface area contributed by atoms with Gasteiger partial charge >= 0.3 is 0 Å². The second-order valence-electron chi connectivity index (χ2n) is 4.65. The molecule has 98 valence electrons. The van der Waals surface area contributed by atoms with Gasteiger partial charge in [0.1, 0.15) is 11.6 Å². The highest BCUT2D eigenvalue weighted by Gasteiger charge is 2.19. The van der Waals surface area contributed by atoms with Crippen LogP contribution in [-0.2, 0) is 4.79 Å². The van der Waals surface area contributed by atoms with Crippen molar-refractivity contribution in [3.05, 3.63) is 28.2 Å². The zero-order chi connectivity index (χ0) is 13.1. The van der Waals surface area contributed by atoms with Crippen molar-refractivity contribution in [3.63, 3.8) is 0 Å². The zero-order valence-electron chi connectivity index (χ0n) is 9.81. The number of anilines is 1. The molecule has 2 nitrogen and oxygen atoms in total. The summed E-state index contributed by atoms with van der Waals surface area (Å²) in [5, 5.41) is 2.43. The van der Waals surface area contributed by atoms with E-state index in [1.165, 1.54) is 0 Å². The smallest absolute Gasteiger partial charge is 0.224 e. The van der Waals surface area contributed by atoms with Crippen LogP contribution in [-0.4, -0.2) is 5.91 Å². The van der Waals surface area contributed by atoms with Gasteiger partial charge in [-0.25, -0.2) is 8.78 Å². The Morgan fingerprint density at radius 1 is 1.28 bits per heavy atom. The third-order valence-corrected chi connectivity index (χ3v) is 3.84. The van der Waals surface area contributed by atoms with E-state index >= 15 is 0 Å². The number of halogens is 3. The molecule has 0 heterocycles. The Kier molecular flexibility index (Phi) is 4.32. The van der Waals surface area contributed by atoms with Crippen LogP contribution in [0, 0.1) is 17.6 Å². The van der Waals surface area contributed by atoms with E-state index in [-0.39, 0.29) is 16.1 Å². The summed E-state index contributed by atoms with van der Waals surface area (Å²) in [5.74, 6) is -1.09. The van der Waals surface area contributed by atoms with Crippen LogP contribution in [0.4, 0.5) is 14.5 Å². The second kappa shape index (κ2) is 5.78. The summed E-state index contributed by atoms with van der Waals surface area (Å²) in [6.45, 7) is 0. The summed E-state index contributed by atoms with van der Waals surface area (Å²) in [5.41, 5.74) is -0.0984. The lowest BCUT2D eigenvalue weighted by atomic mass is 10.0. The van der Waals surface area contributed by atoms with Crippen LogP contribution in [0.25, 0.3) is 0 Å². The van der Waals surface area contributed by atoms with Crippen molar-refractivity contribution >= 4 is 27.5 Å². The molecule has 1 saturated carbocycles. The second-order valence-corrected chi connectivity index (χ2v) is 5.50. The first-order chi connectivity index (χ1) is 8.56. The molecule has 0 bridgehead atoms. The number of nitrogens with one attached hydrogen (secondary N) is 1. The van der Waals surface area contributed by atoms with Crippen LogP contribution in [0.1, 0.15) is 32.1 Å². The first-order valence-corrected chi connectivity index (χ1v) is 6.80. The van der Waals surface area contributed by atoms with E-state index < -0.39 is 11.6 Å². The molecule has 0 unspecified atom stereocenters. The summed E-state index contributed by atoms with van der Waals surface area (Å²) in [7, 11) is 0. The van der Waals surface area contributed by atoms with E-state index in [9.17, 15) is 13.6 Å². The Morgan fingerprint density at radius 2 is 1.94 bits per heavy atom. The number of benzene rings is 1. The third kappa shape index (κ3) is 3.28. The quantitative estimate of drug-likeness (QED) is 0.830. The molecule has 1 aliphatic rings. The molecular formula is C13H14BrF2NO. The summed E-state index contributed by atoms with van der Waals surface area (Å²) >= 11 is 2.89. The monoisotopic (exact) mass is 317 g/mol. The highest BCUT2D eigenvalue weighted by Crippen LogP contribution is 2.28. The third-order valence-electron chi connectivity index (χ3n) is 3.23. The van der Waals surface area contributed by atoms with Gasteiger partial charge in [-0.3, -0.25) is 4.79 Å². The van der Waals surface area contributed by atoms with E-state index in [1.54, 1.807) is 0 Å². The fourth-order valence-electron chi connectivity index (χ4n) is 2.30. The van der Waals surface area contributed by atoms with Crippen molar-refractivity contribution in [2.45, 2.75) is 32.1 Å². The first-order valence-electron chi connectivity index (χ1n) is 6.00. The number of carbonyl (C=O) groups excluding carboxylic acids is 1. The Labute approximate surface area is 113 Å². The van der Waals surface area contributed by atoms with E-state index in [1.807, 2.05) is 0 Å². The van der Waals surface area contributed by atoms with Crippen LogP contribution in [0.3, 0.4) is 0 Å². The van der Waals surface area contributed by atoms with Gasteiger partial charge in [-0.2, -0.15) is 0 Å². The maximum absolute atomic E-state index is 13.5. The first kappa shape index (κ1) is 13.5. The SMILES string of the molecule is O=C(CC1CCCC1)Nc1cc(F)c(Br)cc1F. The van der Waals surface area contributed by atoms with Gasteiger partial charge in [-0.1, -0.05) is 12.8 Å². The average molecular weight is 318 g/mol. The molecule has 5 heteroatoms. The lowest BCUT2D eigenvalue weighted by Gasteiger charge is -2.10. The van der Waals surface area contributed by atoms with E-state index in [2.05, 4.69) is 21.2 Å². The van der Waals surface area contributed by atoms with Gasteiger partial charge in [-0.15, -0.1) is 0 Å². The van der Waals surface area contributed by atoms with Crippen molar-refractivity contribution in [1.82, 2.24) is 0 Å². The Balaban J connectivity index is 2.00. The number of rotatable bonds is 3. The molecule has 0 spiro atoms. The van der Waals surface area contributed by atoms with Crippen LogP contribution < -0.4 is 5.32 Å². The Hall–Kier alpha value is -0.970. The maximum atomic E-state index is 13.5. The highest BCUT2D eigenvalue weighted by molar-refractivity contribution is 9.10. The molecule has 1 aromatic carbocycles. The fraction of sp³-hybridized carbons (Fsp3) is 0.462. The molecule has 0 saturated heterocycles. The molecule has 1 aromatic rings. The van der Waals surface area contributed by atoms with Gasteiger partial charge in [-0.05, 0) is 40.8 Å². The standard InChI is InChI=1S/C13H14BrF2NO/c14-9-6-11(16)12(7-10(9)15)17-13(18)5-8-3-1-2-4-8/h6-8H,1-5H2,(H,17,18). The van der Waals surface area contributed by atoms with Crippen molar-refractivity contribution in [3.8, 4) is 0 Å². The normalized spacial score (nSPS) is 15.9. The van der Waals surface area contributed by atoms with Crippen LogP contribution in [0.5, 0.6) is 0 Å². The predicted octanol–water partition coefficient (Wildman–Crippen LogP) is 4.25. The molecule has 0 atom stereocenters. The summed E-state index contributed by atoms with van der Waals surface area (Å²) in [6, 6.07) is 2.01. The van der Waals surface area contributed by atoms with E-state index in [4.69, 9.17) is 0 Å². The molecule has 0 aliphatic heterocycles. The summed E-state index contributed by atoms with van der Waals surface area (Å²) < 4.78 is 26.8. The molecule has 1 amide bonds. The van der Waals surface area contributed by atoms with Crippen molar-refractivity contribution in [2.75, 3.05) is 5.32 Å². The van der Waals surface area contributed by atoms with Gasteiger partial charge in [0.25, 0.3) is 0 Å². The molecule has 2 rings (SSSR count). The molecule has 18 heavy (non-hydrogen) atoms.